The summed E-state index contributed by atoms with van der Waals surface area (Å²) in [6.07, 6.45) is 8.63. The summed E-state index contributed by atoms with van der Waals surface area (Å²) in [7, 11) is 0. The van der Waals surface area contributed by atoms with E-state index in [1.807, 2.05) is 0 Å². The molecule has 1 aliphatic carbocycles. The minimum absolute atomic E-state index is 0.634. The first-order valence-electron chi connectivity index (χ1n) is 5.02. The van der Waals surface area contributed by atoms with Crippen molar-refractivity contribution in [3.8, 4) is 6.07 Å². The summed E-state index contributed by atoms with van der Waals surface area (Å²) in [5.41, 5.74) is 2.81. The maximum absolute atomic E-state index is 8.62. The van der Waals surface area contributed by atoms with Crippen LogP contribution >= 0.6 is 0 Å². The van der Waals surface area contributed by atoms with Crippen LogP contribution in [0.4, 0.5) is 0 Å². The van der Waals surface area contributed by atoms with Crippen molar-refractivity contribution in [2.24, 2.45) is 5.92 Å². The van der Waals surface area contributed by atoms with Gasteiger partial charge in [0.15, 0.2) is 0 Å². The minimum atomic E-state index is 0.634. The lowest BCUT2D eigenvalue weighted by Crippen LogP contribution is -2.08. The molecule has 0 saturated carbocycles. The van der Waals surface area contributed by atoms with Crippen molar-refractivity contribution >= 4 is 0 Å². The summed E-state index contributed by atoms with van der Waals surface area (Å²) >= 11 is 0. The average molecular weight is 175 g/mol. The quantitative estimate of drug-likeness (QED) is 0.464. The summed E-state index contributed by atoms with van der Waals surface area (Å²) in [5, 5.41) is 8.62. The molecule has 0 aliphatic heterocycles. The van der Waals surface area contributed by atoms with Gasteiger partial charge in [0.2, 0.25) is 0 Å². The molecule has 1 heteroatoms. The molecule has 0 aromatic heterocycles. The Morgan fingerprint density at radius 3 is 3.08 bits per heavy atom. The van der Waals surface area contributed by atoms with Crippen molar-refractivity contribution in [1.29, 1.82) is 5.26 Å². The second kappa shape index (κ2) is 4.87. The topological polar surface area (TPSA) is 23.8 Å². The molecule has 0 aromatic rings. The van der Waals surface area contributed by atoms with Gasteiger partial charge in [0.25, 0.3) is 0 Å². The molecule has 13 heavy (non-hydrogen) atoms. The van der Waals surface area contributed by atoms with E-state index in [9.17, 15) is 0 Å². The molecule has 1 aliphatic rings. The zero-order chi connectivity index (χ0) is 9.68. The third-order valence-electron chi connectivity index (χ3n) is 2.76. The van der Waals surface area contributed by atoms with Gasteiger partial charge >= 0.3 is 0 Å². The Labute approximate surface area is 80.8 Å². The molecule has 0 saturated heterocycles. The van der Waals surface area contributed by atoms with Crippen LogP contribution in [0.25, 0.3) is 0 Å². The highest BCUT2D eigenvalue weighted by Crippen LogP contribution is 2.30. The zero-order valence-electron chi connectivity index (χ0n) is 8.51. The lowest BCUT2D eigenvalue weighted by atomic mass is 9.83. The van der Waals surface area contributed by atoms with Crippen molar-refractivity contribution < 1.29 is 0 Å². The van der Waals surface area contributed by atoms with Gasteiger partial charge in [0.1, 0.15) is 0 Å². The summed E-state index contributed by atoms with van der Waals surface area (Å²) in [6.45, 7) is 4.32. The van der Waals surface area contributed by atoms with Crippen LogP contribution in [0.15, 0.2) is 23.3 Å². The number of nitrogens with zero attached hydrogens (tertiary/aromatic N) is 1. The van der Waals surface area contributed by atoms with Gasteiger partial charge in [0.05, 0.1) is 6.07 Å². The van der Waals surface area contributed by atoms with Gasteiger partial charge in [-0.25, -0.2) is 0 Å². The molecule has 1 nitrogen and oxygen atoms in total. The smallest absolute Gasteiger partial charge is 0.0911 e. The molecule has 70 valence electrons. The van der Waals surface area contributed by atoms with Crippen molar-refractivity contribution in [3.63, 3.8) is 0 Å². The van der Waals surface area contributed by atoms with Crippen molar-refractivity contribution in [2.45, 2.75) is 39.5 Å². The number of rotatable bonds is 2. The van der Waals surface area contributed by atoms with Gasteiger partial charge in [-0.1, -0.05) is 24.1 Å². The highest BCUT2D eigenvalue weighted by atomic mass is 14.2. The second-order valence-electron chi connectivity index (χ2n) is 3.73. The van der Waals surface area contributed by atoms with E-state index in [2.05, 4.69) is 26.0 Å². The van der Waals surface area contributed by atoms with E-state index in [0.29, 0.717) is 5.92 Å². The van der Waals surface area contributed by atoms with Crippen molar-refractivity contribution in [2.75, 3.05) is 0 Å². The number of allylic oxidation sites excluding steroid dienone is 4. The fourth-order valence-corrected chi connectivity index (χ4v) is 2.01. The van der Waals surface area contributed by atoms with E-state index in [1.165, 1.54) is 24.0 Å². The fourth-order valence-electron chi connectivity index (χ4n) is 2.01. The Bertz CT molecular complexity index is 265. The molecule has 0 bridgehead atoms. The van der Waals surface area contributed by atoms with Gasteiger partial charge in [-0.2, -0.15) is 5.26 Å². The van der Waals surface area contributed by atoms with E-state index >= 15 is 0 Å². The molecule has 0 heterocycles. The summed E-state index contributed by atoms with van der Waals surface area (Å²) < 4.78 is 0. The first-order valence-corrected chi connectivity index (χ1v) is 5.02. The van der Waals surface area contributed by atoms with Crippen LogP contribution < -0.4 is 0 Å². The SMILES string of the molecule is CC/C(=C\C#N)C1CCC=C(C)C1. The van der Waals surface area contributed by atoms with E-state index in [-0.39, 0.29) is 0 Å². The predicted molar refractivity (Wildman–Crippen MR) is 55.1 cm³/mol. The maximum atomic E-state index is 8.62. The lowest BCUT2D eigenvalue weighted by Gasteiger charge is -2.22. The molecule has 1 rings (SSSR count). The van der Waals surface area contributed by atoms with Crippen molar-refractivity contribution in [1.82, 2.24) is 0 Å². The van der Waals surface area contributed by atoms with Crippen LogP contribution in [0, 0.1) is 17.2 Å². The maximum Gasteiger partial charge on any atom is 0.0911 e. The summed E-state index contributed by atoms with van der Waals surface area (Å²) in [5.74, 6) is 0.634. The fraction of sp³-hybridized carbons (Fsp3) is 0.583. The molecular weight excluding hydrogens is 158 g/mol. The van der Waals surface area contributed by atoms with Crippen LogP contribution in [0.1, 0.15) is 39.5 Å². The molecule has 0 fully saturated rings. The molecule has 0 radical (unpaired) electrons. The molecule has 0 N–H and O–H groups in total. The Morgan fingerprint density at radius 1 is 1.77 bits per heavy atom. The summed E-state index contributed by atoms with van der Waals surface area (Å²) in [6, 6.07) is 2.15. The third kappa shape index (κ3) is 2.73. The molecular formula is C12H17N. The van der Waals surface area contributed by atoms with Crippen LogP contribution in [0.3, 0.4) is 0 Å². The van der Waals surface area contributed by atoms with Gasteiger partial charge in [0, 0.05) is 6.08 Å². The average Bonchev–Trinajstić information content (AvgIpc) is 2.14. The second-order valence-corrected chi connectivity index (χ2v) is 3.73. The first kappa shape index (κ1) is 10.1. The van der Waals surface area contributed by atoms with Crippen LogP contribution in [0.5, 0.6) is 0 Å². The standard InChI is InChI=1S/C12H17N/c1-3-11(7-8-13)12-6-4-5-10(2)9-12/h5,7,12H,3-4,6,9H2,1-2H3/b11-7+. The zero-order valence-corrected chi connectivity index (χ0v) is 8.51. The minimum Gasteiger partial charge on any atom is -0.193 e. The molecule has 0 aromatic carbocycles. The van der Waals surface area contributed by atoms with Gasteiger partial charge in [-0.3, -0.25) is 0 Å². The van der Waals surface area contributed by atoms with E-state index in [4.69, 9.17) is 5.26 Å². The number of hydrogen-bond acceptors (Lipinski definition) is 1. The molecule has 0 amide bonds. The molecule has 0 spiro atoms. The van der Waals surface area contributed by atoms with Gasteiger partial charge in [-0.05, 0) is 38.5 Å². The number of hydrogen-bond donors (Lipinski definition) is 0. The van der Waals surface area contributed by atoms with Crippen LogP contribution in [-0.4, -0.2) is 0 Å². The van der Waals surface area contributed by atoms with Crippen LogP contribution in [0.2, 0.25) is 0 Å². The molecule has 1 atom stereocenters. The highest BCUT2D eigenvalue weighted by Gasteiger charge is 2.16. The van der Waals surface area contributed by atoms with E-state index in [0.717, 1.165) is 12.8 Å². The third-order valence-corrected chi connectivity index (χ3v) is 2.76. The lowest BCUT2D eigenvalue weighted by molar-refractivity contribution is 0.522. The van der Waals surface area contributed by atoms with E-state index < -0.39 is 0 Å². The largest absolute Gasteiger partial charge is 0.193 e. The number of nitriles is 1. The predicted octanol–water partition coefficient (Wildman–Crippen LogP) is 3.59. The monoisotopic (exact) mass is 175 g/mol. The van der Waals surface area contributed by atoms with Gasteiger partial charge < -0.3 is 0 Å². The first-order chi connectivity index (χ1) is 6.27. The summed E-state index contributed by atoms with van der Waals surface area (Å²) in [4.78, 5) is 0. The molecule has 1 unspecified atom stereocenters. The van der Waals surface area contributed by atoms with Gasteiger partial charge in [-0.15, -0.1) is 0 Å². The Hall–Kier alpha value is -1.03. The Morgan fingerprint density at radius 2 is 2.54 bits per heavy atom. The van der Waals surface area contributed by atoms with Crippen LogP contribution in [-0.2, 0) is 0 Å². The van der Waals surface area contributed by atoms with E-state index in [1.54, 1.807) is 6.08 Å². The Kier molecular flexibility index (Phi) is 3.76. The Balaban J connectivity index is 2.67. The van der Waals surface area contributed by atoms with Crippen molar-refractivity contribution in [3.05, 3.63) is 23.3 Å². The highest BCUT2D eigenvalue weighted by molar-refractivity contribution is 5.20. The normalized spacial score (nSPS) is 23.6.